The number of ether oxygens (including phenoxy) is 2. The van der Waals surface area contributed by atoms with Gasteiger partial charge in [0.2, 0.25) is 0 Å². The van der Waals surface area contributed by atoms with Gasteiger partial charge in [-0.25, -0.2) is 0 Å². The van der Waals surface area contributed by atoms with Crippen LogP contribution in [0, 0.1) is 0 Å². The van der Waals surface area contributed by atoms with E-state index in [1.54, 1.807) is 7.11 Å². The van der Waals surface area contributed by atoms with Crippen LogP contribution in [0.2, 0.25) is 0 Å². The Morgan fingerprint density at radius 1 is 1.08 bits per heavy atom. The number of thiocarbonyl (C=S) groups is 1. The van der Waals surface area contributed by atoms with Gasteiger partial charge in [0.15, 0.2) is 16.6 Å². The fourth-order valence-electron chi connectivity index (χ4n) is 2.46. The summed E-state index contributed by atoms with van der Waals surface area (Å²) in [4.78, 5) is 0. The average molecular weight is 368 g/mol. The third-order valence-corrected chi connectivity index (χ3v) is 4.16. The zero-order valence-electron chi connectivity index (χ0n) is 15.6. The maximum Gasteiger partial charge on any atom is 0.166 e. The molecule has 0 radical (unpaired) electrons. The largest absolute Gasteiger partial charge is 0.493 e. The normalized spacial score (nSPS) is 10.4. The van der Waals surface area contributed by atoms with Crippen LogP contribution in [-0.2, 0) is 6.54 Å². The minimum absolute atomic E-state index is 0.473. The van der Waals surface area contributed by atoms with Crippen LogP contribution in [0.25, 0.3) is 0 Å². The average Bonchev–Trinajstić information content (AvgIpc) is 2.64. The van der Waals surface area contributed by atoms with Gasteiger partial charge in [0, 0.05) is 19.6 Å². The smallest absolute Gasteiger partial charge is 0.166 e. The van der Waals surface area contributed by atoms with Crippen LogP contribution < -0.4 is 25.8 Å². The molecule has 0 spiro atoms. The topological polar surface area (TPSA) is 68.5 Å². The molecule has 1 aromatic rings. The van der Waals surface area contributed by atoms with Crippen molar-refractivity contribution in [3.8, 4) is 11.5 Å². The summed E-state index contributed by atoms with van der Waals surface area (Å²) in [6, 6.07) is 5.85. The zero-order chi connectivity index (χ0) is 18.3. The number of nitrogens with two attached hydrogens (primary N) is 1. The van der Waals surface area contributed by atoms with Gasteiger partial charge < -0.3 is 25.8 Å². The first-order valence-corrected chi connectivity index (χ1v) is 9.63. The van der Waals surface area contributed by atoms with Crippen molar-refractivity contribution in [2.24, 2.45) is 5.73 Å². The summed E-state index contributed by atoms with van der Waals surface area (Å²) in [6.45, 7) is 4.76. The number of rotatable bonds is 13. The Balaban J connectivity index is 2.26. The van der Waals surface area contributed by atoms with Gasteiger partial charge in [-0.05, 0) is 36.3 Å². The van der Waals surface area contributed by atoms with Crippen LogP contribution in [0.15, 0.2) is 18.2 Å². The maximum absolute atomic E-state index is 5.55. The van der Waals surface area contributed by atoms with Gasteiger partial charge in [-0.3, -0.25) is 0 Å². The monoisotopic (exact) mass is 367 g/mol. The van der Waals surface area contributed by atoms with Gasteiger partial charge >= 0.3 is 0 Å². The van der Waals surface area contributed by atoms with E-state index in [0.29, 0.717) is 36.3 Å². The number of hydrogen-bond acceptors (Lipinski definition) is 4. The van der Waals surface area contributed by atoms with E-state index in [4.69, 9.17) is 27.4 Å². The van der Waals surface area contributed by atoms with E-state index < -0.39 is 0 Å². The zero-order valence-corrected chi connectivity index (χ0v) is 16.4. The van der Waals surface area contributed by atoms with Crippen molar-refractivity contribution in [2.75, 3.05) is 26.8 Å². The summed E-state index contributed by atoms with van der Waals surface area (Å²) in [7, 11) is 1.63. The molecule has 25 heavy (non-hydrogen) atoms. The molecular formula is C19H33N3O2S. The van der Waals surface area contributed by atoms with Crippen molar-refractivity contribution in [3.05, 3.63) is 23.8 Å². The van der Waals surface area contributed by atoms with E-state index >= 15 is 0 Å². The van der Waals surface area contributed by atoms with Crippen LogP contribution in [0.3, 0.4) is 0 Å². The highest BCUT2D eigenvalue weighted by atomic mass is 32.1. The van der Waals surface area contributed by atoms with E-state index in [1.165, 1.54) is 32.1 Å². The van der Waals surface area contributed by atoms with Gasteiger partial charge in [0.05, 0.1) is 7.11 Å². The Morgan fingerprint density at radius 3 is 2.56 bits per heavy atom. The maximum atomic E-state index is 5.55. The van der Waals surface area contributed by atoms with E-state index in [2.05, 4.69) is 17.6 Å². The highest BCUT2D eigenvalue weighted by molar-refractivity contribution is 7.80. The molecule has 0 saturated heterocycles. The lowest BCUT2D eigenvalue weighted by molar-refractivity contribution is 0.302. The van der Waals surface area contributed by atoms with Crippen LogP contribution >= 0.6 is 12.2 Å². The lowest BCUT2D eigenvalue weighted by Crippen LogP contribution is -2.35. The third kappa shape index (κ3) is 9.51. The molecule has 0 aliphatic heterocycles. The van der Waals surface area contributed by atoms with Crippen LogP contribution in [0.5, 0.6) is 11.5 Å². The molecule has 0 saturated carbocycles. The molecule has 0 bridgehead atoms. The summed E-state index contributed by atoms with van der Waals surface area (Å²) in [5, 5.41) is 7.18. The predicted octanol–water partition coefficient (Wildman–Crippen LogP) is 3.36. The molecule has 0 heterocycles. The lowest BCUT2D eigenvalue weighted by Gasteiger charge is -2.13. The molecule has 0 aromatic heterocycles. The van der Waals surface area contributed by atoms with E-state index in [9.17, 15) is 0 Å². The van der Waals surface area contributed by atoms with Crippen molar-refractivity contribution in [3.63, 3.8) is 0 Å². The highest BCUT2D eigenvalue weighted by Gasteiger charge is 2.06. The molecule has 1 rings (SSSR count). The second kappa shape index (κ2) is 13.7. The molecular weight excluding hydrogens is 334 g/mol. The predicted molar refractivity (Wildman–Crippen MR) is 108 cm³/mol. The van der Waals surface area contributed by atoms with Crippen molar-refractivity contribution >= 4 is 17.3 Å². The second-order valence-corrected chi connectivity index (χ2v) is 6.41. The molecule has 142 valence electrons. The molecule has 6 heteroatoms. The number of unbranched alkanes of at least 4 members (excludes halogenated alkanes) is 5. The fourth-order valence-corrected chi connectivity index (χ4v) is 2.64. The molecule has 4 N–H and O–H groups in total. The SMILES string of the molecule is CCCCCCCCNC(=S)NCc1ccc(OCCN)c(OC)c1. The molecule has 1 aromatic carbocycles. The summed E-state index contributed by atoms with van der Waals surface area (Å²) in [5.74, 6) is 1.42. The quantitative estimate of drug-likeness (QED) is 0.367. The summed E-state index contributed by atoms with van der Waals surface area (Å²) < 4.78 is 10.9. The Labute approximate surface area is 157 Å². The first kappa shape index (κ1) is 21.5. The Bertz CT molecular complexity index is 498. The molecule has 0 amide bonds. The third-order valence-electron chi connectivity index (χ3n) is 3.87. The van der Waals surface area contributed by atoms with E-state index in [-0.39, 0.29) is 0 Å². The molecule has 0 atom stereocenters. The van der Waals surface area contributed by atoms with Gasteiger partial charge in [-0.1, -0.05) is 45.1 Å². The second-order valence-electron chi connectivity index (χ2n) is 6.00. The molecule has 0 unspecified atom stereocenters. The van der Waals surface area contributed by atoms with Crippen LogP contribution in [0.4, 0.5) is 0 Å². The fraction of sp³-hybridized carbons (Fsp3) is 0.632. The molecule has 0 fully saturated rings. The van der Waals surface area contributed by atoms with Crippen LogP contribution in [0.1, 0.15) is 51.0 Å². The van der Waals surface area contributed by atoms with E-state index in [0.717, 1.165) is 18.5 Å². The minimum Gasteiger partial charge on any atom is -0.493 e. The van der Waals surface area contributed by atoms with Gasteiger partial charge in [0.1, 0.15) is 6.61 Å². The van der Waals surface area contributed by atoms with Crippen LogP contribution in [-0.4, -0.2) is 31.9 Å². The number of nitrogens with one attached hydrogen (secondary N) is 2. The first-order valence-electron chi connectivity index (χ1n) is 9.22. The van der Waals surface area contributed by atoms with Gasteiger partial charge in [-0.15, -0.1) is 0 Å². The number of benzene rings is 1. The van der Waals surface area contributed by atoms with Gasteiger partial charge in [0.25, 0.3) is 0 Å². The Morgan fingerprint density at radius 2 is 1.84 bits per heavy atom. The Hall–Kier alpha value is -1.53. The van der Waals surface area contributed by atoms with Crippen molar-refractivity contribution in [1.29, 1.82) is 0 Å². The minimum atomic E-state index is 0.473. The van der Waals surface area contributed by atoms with Crippen molar-refractivity contribution in [1.82, 2.24) is 10.6 Å². The number of hydrogen-bond donors (Lipinski definition) is 3. The standard InChI is InChI=1S/C19H33N3O2S/c1-3-4-5-6-7-8-12-21-19(25)22-15-16-9-10-17(24-13-11-20)18(14-16)23-2/h9-10,14H,3-8,11-13,15,20H2,1-2H3,(H2,21,22,25). The highest BCUT2D eigenvalue weighted by Crippen LogP contribution is 2.27. The van der Waals surface area contributed by atoms with E-state index in [1.807, 2.05) is 18.2 Å². The summed E-state index contributed by atoms with van der Waals surface area (Å²) in [6.07, 6.45) is 7.70. The molecule has 5 nitrogen and oxygen atoms in total. The lowest BCUT2D eigenvalue weighted by atomic mass is 10.1. The Kier molecular flexibility index (Phi) is 11.8. The molecule has 0 aliphatic carbocycles. The molecule has 0 aliphatic rings. The summed E-state index contributed by atoms with van der Waals surface area (Å²) >= 11 is 5.33. The van der Waals surface area contributed by atoms with Crippen molar-refractivity contribution in [2.45, 2.75) is 52.0 Å². The van der Waals surface area contributed by atoms with Gasteiger partial charge in [-0.2, -0.15) is 0 Å². The summed E-state index contributed by atoms with van der Waals surface area (Å²) in [5.41, 5.74) is 6.55. The van der Waals surface area contributed by atoms with Crippen molar-refractivity contribution < 1.29 is 9.47 Å². The number of methoxy groups -OCH3 is 1. The first-order chi connectivity index (χ1) is 12.2.